The summed E-state index contributed by atoms with van der Waals surface area (Å²) in [6.07, 6.45) is 3.34. The van der Waals surface area contributed by atoms with E-state index in [4.69, 9.17) is 9.84 Å². The third-order valence-corrected chi connectivity index (χ3v) is 3.87. The van der Waals surface area contributed by atoms with E-state index in [0.717, 1.165) is 11.4 Å². The van der Waals surface area contributed by atoms with Crippen molar-refractivity contribution in [2.45, 2.75) is 0 Å². The minimum Gasteiger partial charge on any atom is -0.497 e. The van der Waals surface area contributed by atoms with Crippen molar-refractivity contribution in [3.8, 4) is 11.4 Å². The lowest BCUT2D eigenvalue weighted by Gasteiger charge is -2.07. The van der Waals surface area contributed by atoms with Crippen LogP contribution in [0.3, 0.4) is 0 Å². The quantitative estimate of drug-likeness (QED) is 0.520. The molecule has 136 valence electrons. The van der Waals surface area contributed by atoms with Crippen LogP contribution in [-0.4, -0.2) is 34.9 Å². The standard InChI is InChI=1S/C20H17N3O4/c1-27-18-6-2-4-15(12-18)19(24)22-21-13-17-5-3-11-23(17)16-9-7-14(8-10-16)20(25)26/h2-13H,1H3,(H,22,24)(H,25,26)/b21-13+. The number of hydrogen-bond acceptors (Lipinski definition) is 4. The topological polar surface area (TPSA) is 92.9 Å². The number of aromatic nitrogens is 1. The van der Waals surface area contributed by atoms with Gasteiger partial charge in [0.25, 0.3) is 5.91 Å². The lowest BCUT2D eigenvalue weighted by atomic mass is 10.2. The van der Waals surface area contributed by atoms with Crippen LogP contribution in [-0.2, 0) is 0 Å². The zero-order valence-electron chi connectivity index (χ0n) is 14.5. The third kappa shape index (κ3) is 4.21. The van der Waals surface area contributed by atoms with Crippen molar-refractivity contribution in [2.24, 2.45) is 5.10 Å². The summed E-state index contributed by atoms with van der Waals surface area (Å²) in [5.41, 5.74) is 4.63. The Morgan fingerprint density at radius 3 is 2.56 bits per heavy atom. The summed E-state index contributed by atoms with van der Waals surface area (Å²) in [5.74, 6) is -0.740. The summed E-state index contributed by atoms with van der Waals surface area (Å²) >= 11 is 0. The maximum atomic E-state index is 12.2. The molecule has 7 nitrogen and oxygen atoms in total. The molecule has 1 amide bonds. The van der Waals surface area contributed by atoms with E-state index in [0.29, 0.717) is 11.3 Å². The van der Waals surface area contributed by atoms with Crippen LogP contribution in [0.4, 0.5) is 0 Å². The fourth-order valence-electron chi connectivity index (χ4n) is 2.48. The van der Waals surface area contributed by atoms with Gasteiger partial charge in [0, 0.05) is 17.4 Å². The van der Waals surface area contributed by atoms with E-state index in [1.54, 1.807) is 36.4 Å². The van der Waals surface area contributed by atoms with Gasteiger partial charge >= 0.3 is 5.97 Å². The molecule has 7 heteroatoms. The van der Waals surface area contributed by atoms with Gasteiger partial charge in [0.05, 0.1) is 24.6 Å². The van der Waals surface area contributed by atoms with Crippen molar-refractivity contribution < 1.29 is 19.4 Å². The number of rotatable bonds is 6. The second-order valence-corrected chi connectivity index (χ2v) is 5.59. The van der Waals surface area contributed by atoms with Gasteiger partial charge in [0.15, 0.2) is 0 Å². The number of carbonyl (C=O) groups excluding carboxylic acids is 1. The average molecular weight is 363 g/mol. The van der Waals surface area contributed by atoms with Gasteiger partial charge in [-0.25, -0.2) is 10.2 Å². The van der Waals surface area contributed by atoms with Crippen molar-refractivity contribution in [1.29, 1.82) is 0 Å². The van der Waals surface area contributed by atoms with Gasteiger partial charge in [-0.05, 0) is 54.6 Å². The van der Waals surface area contributed by atoms with Crippen LogP contribution in [0, 0.1) is 0 Å². The predicted octanol–water partition coefficient (Wildman–Crippen LogP) is 2.95. The van der Waals surface area contributed by atoms with Crippen LogP contribution in [0.5, 0.6) is 5.75 Å². The van der Waals surface area contributed by atoms with E-state index in [1.807, 2.05) is 22.9 Å². The summed E-state index contributed by atoms with van der Waals surface area (Å²) in [5, 5.41) is 13.0. The van der Waals surface area contributed by atoms with Gasteiger partial charge in [-0.2, -0.15) is 5.10 Å². The number of benzene rings is 2. The molecule has 0 atom stereocenters. The second-order valence-electron chi connectivity index (χ2n) is 5.59. The molecule has 0 aliphatic heterocycles. The van der Waals surface area contributed by atoms with Gasteiger partial charge in [-0.3, -0.25) is 4.79 Å². The smallest absolute Gasteiger partial charge is 0.335 e. The van der Waals surface area contributed by atoms with Crippen molar-refractivity contribution >= 4 is 18.1 Å². The van der Waals surface area contributed by atoms with Crippen LogP contribution < -0.4 is 10.2 Å². The highest BCUT2D eigenvalue weighted by atomic mass is 16.5. The molecule has 2 aromatic carbocycles. The SMILES string of the molecule is COc1cccc(C(=O)N/N=C/c2cccn2-c2ccc(C(=O)O)cc2)c1. The Morgan fingerprint density at radius 1 is 1.07 bits per heavy atom. The van der Waals surface area contributed by atoms with Crippen LogP contribution in [0.2, 0.25) is 0 Å². The molecule has 3 rings (SSSR count). The van der Waals surface area contributed by atoms with Crippen molar-refractivity contribution in [3.63, 3.8) is 0 Å². The largest absolute Gasteiger partial charge is 0.497 e. The maximum absolute atomic E-state index is 12.2. The molecule has 3 aromatic rings. The van der Waals surface area contributed by atoms with E-state index >= 15 is 0 Å². The molecule has 0 radical (unpaired) electrons. The van der Waals surface area contributed by atoms with Gasteiger partial charge in [-0.15, -0.1) is 0 Å². The number of carboxylic acids is 1. The maximum Gasteiger partial charge on any atom is 0.335 e. The lowest BCUT2D eigenvalue weighted by Crippen LogP contribution is -2.17. The number of carbonyl (C=O) groups is 2. The summed E-state index contributed by atoms with van der Waals surface area (Å²) in [7, 11) is 1.53. The molecule has 0 fully saturated rings. The second kappa shape index (κ2) is 8.01. The molecule has 0 saturated heterocycles. The summed E-state index contributed by atoms with van der Waals surface area (Å²) in [6.45, 7) is 0. The number of carboxylic acid groups (broad SMARTS) is 1. The molecule has 2 N–H and O–H groups in total. The third-order valence-electron chi connectivity index (χ3n) is 3.87. The molecule has 1 heterocycles. The van der Waals surface area contributed by atoms with Crippen LogP contribution >= 0.6 is 0 Å². The number of amides is 1. The Balaban J connectivity index is 1.72. The Labute approximate surface area is 155 Å². The molecule has 0 aliphatic carbocycles. The first-order chi connectivity index (χ1) is 13.1. The first kappa shape index (κ1) is 17.9. The highest BCUT2D eigenvalue weighted by molar-refractivity contribution is 5.95. The Bertz CT molecular complexity index is 990. The number of ether oxygens (including phenoxy) is 1. The molecule has 0 saturated carbocycles. The lowest BCUT2D eigenvalue weighted by molar-refractivity contribution is 0.0696. The molecule has 0 unspecified atom stereocenters. The van der Waals surface area contributed by atoms with Crippen molar-refractivity contribution in [2.75, 3.05) is 7.11 Å². The molecular weight excluding hydrogens is 346 g/mol. The van der Waals surface area contributed by atoms with E-state index in [-0.39, 0.29) is 11.5 Å². The van der Waals surface area contributed by atoms with Gasteiger partial charge in [-0.1, -0.05) is 6.07 Å². The molecule has 0 aliphatic rings. The number of hydrazone groups is 1. The summed E-state index contributed by atoms with van der Waals surface area (Å²) in [4.78, 5) is 23.1. The number of nitrogens with one attached hydrogen (secondary N) is 1. The Morgan fingerprint density at radius 2 is 1.85 bits per heavy atom. The van der Waals surface area contributed by atoms with E-state index in [2.05, 4.69) is 10.5 Å². The van der Waals surface area contributed by atoms with Crippen LogP contribution in [0.1, 0.15) is 26.4 Å². The van der Waals surface area contributed by atoms with Gasteiger partial charge in [0.2, 0.25) is 0 Å². The molecule has 0 bridgehead atoms. The summed E-state index contributed by atoms with van der Waals surface area (Å²) < 4.78 is 6.92. The predicted molar refractivity (Wildman–Crippen MR) is 101 cm³/mol. The zero-order chi connectivity index (χ0) is 19.2. The van der Waals surface area contributed by atoms with Crippen molar-refractivity contribution in [1.82, 2.24) is 9.99 Å². The van der Waals surface area contributed by atoms with Crippen LogP contribution in [0.15, 0.2) is 72.0 Å². The number of nitrogens with zero attached hydrogens (tertiary/aromatic N) is 2. The first-order valence-corrected chi connectivity index (χ1v) is 8.07. The zero-order valence-corrected chi connectivity index (χ0v) is 14.5. The van der Waals surface area contributed by atoms with Crippen LogP contribution in [0.25, 0.3) is 5.69 Å². The normalized spacial score (nSPS) is 10.7. The number of methoxy groups -OCH3 is 1. The van der Waals surface area contributed by atoms with E-state index in [9.17, 15) is 9.59 Å². The number of aromatic carboxylic acids is 1. The van der Waals surface area contributed by atoms with Gasteiger partial charge < -0.3 is 14.4 Å². The minimum absolute atomic E-state index is 0.215. The fraction of sp³-hybridized carbons (Fsp3) is 0.0500. The Kier molecular flexibility index (Phi) is 5.32. The van der Waals surface area contributed by atoms with Crippen molar-refractivity contribution in [3.05, 3.63) is 83.7 Å². The average Bonchev–Trinajstić information content (AvgIpc) is 3.16. The first-order valence-electron chi connectivity index (χ1n) is 8.07. The fourth-order valence-corrected chi connectivity index (χ4v) is 2.48. The molecule has 27 heavy (non-hydrogen) atoms. The monoisotopic (exact) mass is 363 g/mol. The molecule has 0 spiro atoms. The Hall–Kier alpha value is -3.87. The van der Waals surface area contributed by atoms with Gasteiger partial charge in [0.1, 0.15) is 5.75 Å². The van der Waals surface area contributed by atoms with E-state index in [1.165, 1.54) is 25.5 Å². The number of hydrogen-bond donors (Lipinski definition) is 2. The molecule has 1 aromatic heterocycles. The molecular formula is C20H17N3O4. The highest BCUT2D eigenvalue weighted by Gasteiger charge is 2.07. The highest BCUT2D eigenvalue weighted by Crippen LogP contribution is 2.14. The minimum atomic E-state index is -0.976. The van der Waals surface area contributed by atoms with E-state index < -0.39 is 5.97 Å². The summed E-state index contributed by atoms with van der Waals surface area (Å²) in [6, 6.07) is 16.9.